The van der Waals surface area contributed by atoms with E-state index < -0.39 is 26.8 Å². The normalized spacial score (nSPS) is 12.3. The van der Waals surface area contributed by atoms with Crippen LogP contribution in [-0.4, -0.2) is 8.42 Å². The monoisotopic (exact) mass is 403 g/mol. The van der Waals surface area contributed by atoms with Crippen molar-refractivity contribution in [2.45, 2.75) is 11.1 Å². The third-order valence-electron chi connectivity index (χ3n) is 2.71. The Kier molecular flexibility index (Phi) is 5.06. The van der Waals surface area contributed by atoms with Gasteiger partial charge in [-0.3, -0.25) is 4.72 Å². The Morgan fingerprint density at radius 1 is 0.913 bits per heavy atom. The van der Waals surface area contributed by atoms with E-state index in [0.717, 1.165) is 18.2 Å². The summed E-state index contributed by atoms with van der Waals surface area (Å²) in [5.41, 5.74) is -1.46. The molecule has 0 aromatic heterocycles. The lowest BCUT2D eigenvalue weighted by Gasteiger charge is -2.13. The number of benzene rings is 2. The Hall–Kier alpha value is -1.15. The van der Waals surface area contributed by atoms with Gasteiger partial charge in [0.2, 0.25) is 0 Å². The second-order valence-electron chi connectivity index (χ2n) is 4.37. The van der Waals surface area contributed by atoms with Crippen LogP contribution in [0, 0.1) is 0 Å². The van der Waals surface area contributed by atoms with Gasteiger partial charge < -0.3 is 0 Å². The van der Waals surface area contributed by atoms with Gasteiger partial charge in [0.25, 0.3) is 10.0 Å². The SMILES string of the molecule is O=S(=O)(Nc1ccc(Cl)c(C(F)(F)F)c1)c1cc(Cl)ccc1Cl. The number of hydrogen-bond acceptors (Lipinski definition) is 2. The summed E-state index contributed by atoms with van der Waals surface area (Å²) in [7, 11) is -4.22. The molecule has 0 heterocycles. The lowest BCUT2D eigenvalue weighted by molar-refractivity contribution is -0.137. The second-order valence-corrected chi connectivity index (χ2v) is 7.27. The van der Waals surface area contributed by atoms with Crippen molar-refractivity contribution in [3.05, 3.63) is 57.0 Å². The summed E-state index contributed by atoms with van der Waals surface area (Å²) in [6.07, 6.45) is -4.72. The van der Waals surface area contributed by atoms with Gasteiger partial charge in [0, 0.05) is 10.7 Å². The maximum atomic E-state index is 12.8. The summed E-state index contributed by atoms with van der Waals surface area (Å²) >= 11 is 17.0. The van der Waals surface area contributed by atoms with Crippen molar-refractivity contribution in [3.63, 3.8) is 0 Å². The Balaban J connectivity index is 2.44. The van der Waals surface area contributed by atoms with Crippen molar-refractivity contribution in [1.82, 2.24) is 0 Å². The van der Waals surface area contributed by atoms with E-state index in [-0.39, 0.29) is 20.6 Å². The first-order valence-electron chi connectivity index (χ1n) is 5.85. The number of alkyl halides is 3. The lowest BCUT2D eigenvalue weighted by Crippen LogP contribution is -2.14. The van der Waals surface area contributed by atoms with E-state index in [1.54, 1.807) is 0 Å². The van der Waals surface area contributed by atoms with Crippen molar-refractivity contribution < 1.29 is 21.6 Å². The van der Waals surface area contributed by atoms with E-state index in [2.05, 4.69) is 0 Å². The molecule has 2 aromatic carbocycles. The molecule has 0 aliphatic carbocycles. The first-order chi connectivity index (χ1) is 10.5. The molecule has 0 aliphatic rings. The van der Waals surface area contributed by atoms with Gasteiger partial charge in [0.05, 0.1) is 15.6 Å². The van der Waals surface area contributed by atoms with Gasteiger partial charge in [-0.05, 0) is 36.4 Å². The summed E-state index contributed by atoms with van der Waals surface area (Å²) in [5.74, 6) is 0. The van der Waals surface area contributed by atoms with Gasteiger partial charge in [-0.25, -0.2) is 8.42 Å². The molecule has 3 nitrogen and oxygen atoms in total. The quantitative estimate of drug-likeness (QED) is 0.738. The molecule has 1 N–H and O–H groups in total. The summed E-state index contributed by atoms with van der Waals surface area (Å²) in [6.45, 7) is 0. The van der Waals surface area contributed by atoms with Crippen LogP contribution < -0.4 is 4.72 Å². The van der Waals surface area contributed by atoms with Crippen molar-refractivity contribution in [3.8, 4) is 0 Å². The van der Waals surface area contributed by atoms with Gasteiger partial charge in [-0.15, -0.1) is 0 Å². The predicted octanol–water partition coefficient (Wildman–Crippen LogP) is 5.47. The highest BCUT2D eigenvalue weighted by Gasteiger charge is 2.33. The van der Waals surface area contributed by atoms with Crippen LogP contribution in [0.5, 0.6) is 0 Å². The lowest BCUT2D eigenvalue weighted by atomic mass is 10.2. The highest BCUT2D eigenvalue weighted by Crippen LogP contribution is 2.37. The maximum Gasteiger partial charge on any atom is 0.417 e. The van der Waals surface area contributed by atoms with E-state index >= 15 is 0 Å². The molecule has 2 aromatic rings. The van der Waals surface area contributed by atoms with Crippen LogP contribution in [0.2, 0.25) is 15.1 Å². The molecule has 0 spiro atoms. The highest BCUT2D eigenvalue weighted by molar-refractivity contribution is 7.92. The average molecular weight is 405 g/mol. The molecule has 0 atom stereocenters. The van der Waals surface area contributed by atoms with E-state index in [9.17, 15) is 21.6 Å². The van der Waals surface area contributed by atoms with Crippen LogP contribution in [0.4, 0.5) is 18.9 Å². The van der Waals surface area contributed by atoms with Crippen molar-refractivity contribution in [2.75, 3.05) is 4.72 Å². The highest BCUT2D eigenvalue weighted by atomic mass is 35.5. The van der Waals surface area contributed by atoms with E-state index in [1.165, 1.54) is 12.1 Å². The van der Waals surface area contributed by atoms with Crippen LogP contribution in [0.15, 0.2) is 41.3 Å². The topological polar surface area (TPSA) is 46.2 Å². The van der Waals surface area contributed by atoms with Crippen LogP contribution in [-0.2, 0) is 16.2 Å². The molecule has 0 bridgehead atoms. The van der Waals surface area contributed by atoms with E-state index in [4.69, 9.17) is 34.8 Å². The van der Waals surface area contributed by atoms with Crippen LogP contribution in [0.25, 0.3) is 0 Å². The molecular formula is C13H7Cl3F3NO2S. The second kappa shape index (κ2) is 6.39. The largest absolute Gasteiger partial charge is 0.417 e. The first kappa shape index (κ1) is 18.2. The fraction of sp³-hybridized carbons (Fsp3) is 0.0769. The standard InChI is InChI=1S/C13H7Cl3F3NO2S/c14-7-1-3-11(16)12(5-7)23(21,22)20-8-2-4-10(15)9(6-8)13(17,18)19/h1-6,20H. The molecule has 0 fully saturated rings. The van der Waals surface area contributed by atoms with Gasteiger partial charge >= 0.3 is 6.18 Å². The average Bonchev–Trinajstić information content (AvgIpc) is 2.42. The minimum Gasteiger partial charge on any atom is -0.280 e. The summed E-state index contributed by atoms with van der Waals surface area (Å²) in [6, 6.07) is 6.38. The Morgan fingerprint density at radius 3 is 2.13 bits per heavy atom. The number of sulfonamides is 1. The molecule has 0 unspecified atom stereocenters. The minimum absolute atomic E-state index is 0.113. The van der Waals surface area contributed by atoms with Gasteiger partial charge in [0.1, 0.15) is 4.90 Å². The molecule has 0 aliphatic heterocycles. The predicted molar refractivity (Wildman–Crippen MR) is 83.7 cm³/mol. The Morgan fingerprint density at radius 2 is 1.52 bits per heavy atom. The Labute approximate surface area is 145 Å². The minimum atomic E-state index is -4.72. The van der Waals surface area contributed by atoms with E-state index in [0.29, 0.717) is 6.07 Å². The number of rotatable bonds is 3. The molecular weight excluding hydrogens is 398 g/mol. The fourth-order valence-corrected chi connectivity index (χ4v) is 3.74. The molecule has 23 heavy (non-hydrogen) atoms. The smallest absolute Gasteiger partial charge is 0.280 e. The molecule has 0 saturated heterocycles. The number of nitrogens with one attached hydrogen (secondary N) is 1. The molecule has 10 heteroatoms. The Bertz CT molecular complexity index is 854. The first-order valence-corrected chi connectivity index (χ1v) is 8.47. The number of hydrogen-bond donors (Lipinski definition) is 1. The summed E-state index contributed by atoms with van der Waals surface area (Å²) < 4.78 is 64.9. The number of halogens is 6. The maximum absolute atomic E-state index is 12.8. The molecule has 0 amide bonds. The van der Waals surface area contributed by atoms with Gasteiger partial charge in [-0.2, -0.15) is 13.2 Å². The van der Waals surface area contributed by atoms with E-state index in [1.807, 2.05) is 4.72 Å². The van der Waals surface area contributed by atoms with Gasteiger partial charge in [0.15, 0.2) is 0 Å². The molecule has 2 rings (SSSR count). The molecule has 124 valence electrons. The van der Waals surface area contributed by atoms with Crippen LogP contribution >= 0.6 is 34.8 Å². The zero-order valence-electron chi connectivity index (χ0n) is 11.0. The number of anilines is 1. The fourth-order valence-electron chi connectivity index (χ4n) is 1.70. The zero-order chi connectivity index (χ0) is 17.4. The third-order valence-corrected chi connectivity index (χ3v) is 5.13. The van der Waals surface area contributed by atoms with Crippen molar-refractivity contribution in [2.24, 2.45) is 0 Å². The third kappa shape index (κ3) is 4.23. The zero-order valence-corrected chi connectivity index (χ0v) is 14.0. The van der Waals surface area contributed by atoms with Gasteiger partial charge in [-0.1, -0.05) is 34.8 Å². The molecule has 0 saturated carbocycles. The summed E-state index contributed by atoms with van der Waals surface area (Å²) in [4.78, 5) is -0.352. The van der Waals surface area contributed by atoms with Crippen LogP contribution in [0.1, 0.15) is 5.56 Å². The molecule has 0 radical (unpaired) electrons. The summed E-state index contributed by atoms with van der Waals surface area (Å²) in [5, 5.41) is -0.546. The van der Waals surface area contributed by atoms with Crippen molar-refractivity contribution in [1.29, 1.82) is 0 Å². The van der Waals surface area contributed by atoms with Crippen molar-refractivity contribution >= 4 is 50.5 Å². The van der Waals surface area contributed by atoms with Crippen LogP contribution in [0.3, 0.4) is 0 Å².